The average Bonchev–Trinajstić information content (AvgIpc) is 2.51. The lowest BCUT2D eigenvalue weighted by Crippen LogP contribution is -2.08. The predicted molar refractivity (Wildman–Crippen MR) is 79.9 cm³/mol. The molecule has 2 aromatic carbocycles. The van der Waals surface area contributed by atoms with Crippen LogP contribution in [0.4, 0.5) is 13.2 Å². The Morgan fingerprint density at radius 2 is 1.70 bits per heavy atom. The van der Waals surface area contributed by atoms with E-state index in [-0.39, 0.29) is 22.4 Å². The normalized spacial score (nSPS) is 12.1. The van der Waals surface area contributed by atoms with Gasteiger partial charge in [0.05, 0.1) is 18.2 Å². The summed E-state index contributed by atoms with van der Waals surface area (Å²) in [5, 5.41) is 9.40. The van der Waals surface area contributed by atoms with Crippen LogP contribution in [0.1, 0.15) is 16.7 Å². The summed E-state index contributed by atoms with van der Waals surface area (Å²) in [6.07, 6.45) is -3.57. The van der Waals surface area contributed by atoms with Crippen LogP contribution in [-0.4, -0.2) is 18.2 Å². The van der Waals surface area contributed by atoms with Crippen LogP contribution in [0.25, 0.3) is 11.6 Å². The molecule has 2 aromatic rings. The molecule has 0 aliphatic rings. The van der Waals surface area contributed by atoms with Crippen LogP contribution in [0.3, 0.4) is 0 Å². The van der Waals surface area contributed by atoms with Gasteiger partial charge in [-0.25, -0.2) is 4.79 Å². The number of rotatable bonds is 4. The Morgan fingerprint density at radius 3 is 2.30 bits per heavy atom. The number of hydrogen-bond donors (Lipinski definition) is 1. The van der Waals surface area contributed by atoms with Gasteiger partial charge in [0.2, 0.25) is 0 Å². The lowest BCUT2D eigenvalue weighted by Gasteiger charge is -2.12. The van der Waals surface area contributed by atoms with Crippen molar-refractivity contribution in [3.63, 3.8) is 0 Å². The molecule has 0 aliphatic carbocycles. The maximum absolute atomic E-state index is 13.0. The lowest BCUT2D eigenvalue weighted by atomic mass is 9.99. The number of hydrogen-bond acceptors (Lipinski definition) is 2. The SMILES string of the molecule is COc1ccccc1/C(=C/c1ccccc1C(F)(F)F)C(=O)O. The van der Waals surface area contributed by atoms with E-state index in [0.717, 1.165) is 12.1 Å². The van der Waals surface area contributed by atoms with Gasteiger partial charge in [0, 0.05) is 5.56 Å². The molecule has 2 rings (SSSR count). The molecule has 0 radical (unpaired) electrons. The van der Waals surface area contributed by atoms with E-state index in [4.69, 9.17) is 4.74 Å². The van der Waals surface area contributed by atoms with Crippen molar-refractivity contribution in [2.24, 2.45) is 0 Å². The topological polar surface area (TPSA) is 46.5 Å². The summed E-state index contributed by atoms with van der Waals surface area (Å²) in [5.74, 6) is -1.07. The minimum Gasteiger partial charge on any atom is -0.496 e. The molecular formula is C17H13F3O3. The van der Waals surface area contributed by atoms with E-state index >= 15 is 0 Å². The fourth-order valence-electron chi connectivity index (χ4n) is 2.16. The third-order valence-electron chi connectivity index (χ3n) is 3.19. The van der Waals surface area contributed by atoms with Gasteiger partial charge in [-0.3, -0.25) is 0 Å². The largest absolute Gasteiger partial charge is 0.496 e. The van der Waals surface area contributed by atoms with Crippen LogP contribution < -0.4 is 4.74 Å². The van der Waals surface area contributed by atoms with Gasteiger partial charge in [-0.15, -0.1) is 0 Å². The first-order valence-electron chi connectivity index (χ1n) is 6.59. The number of ether oxygens (including phenoxy) is 1. The second-order valence-corrected chi connectivity index (χ2v) is 4.65. The Balaban J connectivity index is 2.65. The monoisotopic (exact) mass is 322 g/mol. The van der Waals surface area contributed by atoms with Gasteiger partial charge in [-0.1, -0.05) is 36.4 Å². The lowest BCUT2D eigenvalue weighted by molar-refractivity contribution is -0.137. The summed E-state index contributed by atoms with van der Waals surface area (Å²) in [6.45, 7) is 0. The number of carboxylic acids is 1. The number of para-hydroxylation sites is 1. The molecule has 23 heavy (non-hydrogen) atoms. The Kier molecular flexibility index (Phi) is 4.74. The van der Waals surface area contributed by atoms with E-state index in [1.165, 1.54) is 31.4 Å². The number of carbonyl (C=O) groups is 1. The van der Waals surface area contributed by atoms with Crippen LogP contribution in [0, 0.1) is 0 Å². The molecule has 0 aromatic heterocycles. The number of aliphatic carboxylic acids is 1. The van der Waals surface area contributed by atoms with Gasteiger partial charge in [-0.2, -0.15) is 13.2 Å². The summed E-state index contributed by atoms with van der Waals surface area (Å²) in [7, 11) is 1.36. The standard InChI is InChI=1S/C17H13F3O3/c1-23-15-9-5-3-7-12(15)13(16(21)22)10-11-6-2-4-8-14(11)17(18,19)20/h2-10H,1H3,(H,21,22)/b13-10-. The van der Waals surface area contributed by atoms with Crippen molar-refractivity contribution in [2.45, 2.75) is 6.18 Å². The molecule has 0 spiro atoms. The Morgan fingerprint density at radius 1 is 1.09 bits per heavy atom. The van der Waals surface area contributed by atoms with Crippen molar-refractivity contribution in [1.29, 1.82) is 0 Å². The summed E-state index contributed by atoms with van der Waals surface area (Å²) in [4.78, 5) is 11.5. The van der Waals surface area contributed by atoms with E-state index in [0.29, 0.717) is 0 Å². The van der Waals surface area contributed by atoms with Gasteiger partial charge in [0.25, 0.3) is 0 Å². The molecule has 1 N–H and O–H groups in total. The van der Waals surface area contributed by atoms with E-state index < -0.39 is 17.7 Å². The highest BCUT2D eigenvalue weighted by Gasteiger charge is 2.32. The van der Waals surface area contributed by atoms with Crippen LogP contribution in [0.15, 0.2) is 48.5 Å². The molecule has 0 bridgehead atoms. The molecule has 0 fully saturated rings. The first-order valence-corrected chi connectivity index (χ1v) is 6.59. The Bertz CT molecular complexity index is 749. The third kappa shape index (κ3) is 3.71. The van der Waals surface area contributed by atoms with Gasteiger partial charge in [0.15, 0.2) is 0 Å². The number of carboxylic acid groups (broad SMARTS) is 1. The summed E-state index contributed by atoms with van der Waals surface area (Å²) in [6, 6.07) is 11.1. The maximum atomic E-state index is 13.0. The van der Waals surface area contributed by atoms with Crippen molar-refractivity contribution in [3.05, 3.63) is 65.2 Å². The highest BCUT2D eigenvalue weighted by atomic mass is 19.4. The van der Waals surface area contributed by atoms with E-state index in [1.54, 1.807) is 18.2 Å². The molecule has 0 unspecified atom stereocenters. The predicted octanol–water partition coefficient (Wildman–Crippen LogP) is 4.34. The van der Waals surface area contributed by atoms with Gasteiger partial charge < -0.3 is 9.84 Å². The van der Waals surface area contributed by atoms with Crippen LogP contribution >= 0.6 is 0 Å². The number of halogens is 3. The van der Waals surface area contributed by atoms with E-state index in [1.807, 2.05) is 0 Å². The molecule has 0 atom stereocenters. The zero-order valence-corrected chi connectivity index (χ0v) is 12.1. The fraction of sp³-hybridized carbons (Fsp3) is 0.118. The second kappa shape index (κ2) is 6.56. The van der Waals surface area contributed by atoms with Crippen molar-refractivity contribution in [1.82, 2.24) is 0 Å². The zero-order chi connectivity index (χ0) is 17.0. The van der Waals surface area contributed by atoms with Crippen molar-refractivity contribution < 1.29 is 27.8 Å². The second-order valence-electron chi connectivity index (χ2n) is 4.65. The summed E-state index contributed by atoms with van der Waals surface area (Å²) in [5.41, 5.74) is -1.18. The molecule has 0 amide bonds. The summed E-state index contributed by atoms with van der Waals surface area (Å²) < 4.78 is 44.2. The molecule has 6 heteroatoms. The minimum absolute atomic E-state index is 0.208. The molecule has 3 nitrogen and oxygen atoms in total. The van der Waals surface area contributed by atoms with Gasteiger partial charge >= 0.3 is 12.1 Å². The minimum atomic E-state index is -4.57. The molecule has 0 saturated heterocycles. The molecule has 0 saturated carbocycles. The van der Waals surface area contributed by atoms with Gasteiger partial charge in [-0.05, 0) is 23.8 Å². The smallest absolute Gasteiger partial charge is 0.416 e. The quantitative estimate of drug-likeness (QED) is 0.673. The van der Waals surface area contributed by atoms with Crippen molar-refractivity contribution in [2.75, 3.05) is 7.11 Å². The third-order valence-corrected chi connectivity index (χ3v) is 3.19. The van der Waals surface area contributed by atoms with E-state index in [9.17, 15) is 23.1 Å². The summed E-state index contributed by atoms with van der Waals surface area (Å²) >= 11 is 0. The van der Waals surface area contributed by atoms with Crippen LogP contribution in [0.5, 0.6) is 5.75 Å². The first-order chi connectivity index (χ1) is 10.8. The molecule has 120 valence electrons. The fourth-order valence-corrected chi connectivity index (χ4v) is 2.16. The zero-order valence-electron chi connectivity index (χ0n) is 12.1. The van der Waals surface area contributed by atoms with Crippen molar-refractivity contribution >= 4 is 17.6 Å². The number of benzene rings is 2. The molecule has 0 aliphatic heterocycles. The Hall–Kier alpha value is -2.76. The van der Waals surface area contributed by atoms with E-state index in [2.05, 4.69) is 0 Å². The molecular weight excluding hydrogens is 309 g/mol. The first kappa shape index (κ1) is 16.6. The van der Waals surface area contributed by atoms with Crippen molar-refractivity contribution in [3.8, 4) is 5.75 Å². The van der Waals surface area contributed by atoms with Crippen LogP contribution in [-0.2, 0) is 11.0 Å². The van der Waals surface area contributed by atoms with Gasteiger partial charge in [0.1, 0.15) is 5.75 Å². The highest BCUT2D eigenvalue weighted by Crippen LogP contribution is 2.34. The number of methoxy groups -OCH3 is 1. The van der Waals surface area contributed by atoms with Crippen LogP contribution in [0.2, 0.25) is 0 Å². The highest BCUT2D eigenvalue weighted by molar-refractivity contribution is 6.21. The maximum Gasteiger partial charge on any atom is 0.416 e. The number of alkyl halides is 3. The Labute approximate surface area is 130 Å². The molecule has 0 heterocycles. The average molecular weight is 322 g/mol.